The third kappa shape index (κ3) is 5.14. The highest BCUT2D eigenvalue weighted by atomic mass is 16.3. The Morgan fingerprint density at radius 1 is 1.25 bits per heavy atom. The number of anilines is 1. The number of hydrogen-bond acceptors (Lipinski definition) is 3. The molecule has 0 fully saturated rings. The van der Waals surface area contributed by atoms with Crippen LogP contribution in [0.2, 0.25) is 0 Å². The first kappa shape index (κ1) is 17.0. The molecule has 0 aliphatic carbocycles. The van der Waals surface area contributed by atoms with E-state index < -0.39 is 0 Å². The van der Waals surface area contributed by atoms with Gasteiger partial charge in [-0.3, -0.25) is 0 Å². The normalized spacial score (nSPS) is 12.0. The molecule has 0 saturated carbocycles. The first-order valence-electron chi connectivity index (χ1n) is 7.46. The second kappa shape index (κ2) is 7.09. The van der Waals surface area contributed by atoms with Crippen LogP contribution in [-0.4, -0.2) is 29.8 Å². The Hall–Kier alpha value is -1.06. The van der Waals surface area contributed by atoms with Gasteiger partial charge in [0, 0.05) is 30.4 Å². The molecule has 0 unspecified atom stereocenters. The zero-order valence-electron chi connectivity index (χ0n) is 13.8. The summed E-state index contributed by atoms with van der Waals surface area (Å²) in [6.07, 6.45) is 0. The number of benzene rings is 1. The van der Waals surface area contributed by atoms with Crippen LogP contribution in [0, 0.1) is 6.92 Å². The average molecular weight is 278 g/mol. The SMILES string of the molecule is Cc1ccc(N(CCO)C(C)C)c(CNC(C)(C)C)c1. The maximum atomic E-state index is 9.29. The lowest BCUT2D eigenvalue weighted by Crippen LogP contribution is -2.37. The average Bonchev–Trinajstić information content (AvgIpc) is 2.33. The zero-order valence-corrected chi connectivity index (χ0v) is 13.8. The lowest BCUT2D eigenvalue weighted by molar-refractivity contribution is 0.299. The molecular formula is C17H30N2O. The number of aliphatic hydroxyl groups is 1. The third-order valence-corrected chi connectivity index (χ3v) is 3.32. The van der Waals surface area contributed by atoms with E-state index >= 15 is 0 Å². The van der Waals surface area contributed by atoms with Crippen molar-refractivity contribution in [3.8, 4) is 0 Å². The predicted molar refractivity (Wildman–Crippen MR) is 87.3 cm³/mol. The molecule has 2 N–H and O–H groups in total. The van der Waals surface area contributed by atoms with Gasteiger partial charge in [-0.2, -0.15) is 0 Å². The third-order valence-electron chi connectivity index (χ3n) is 3.32. The Balaban J connectivity index is 3.05. The Bertz CT molecular complexity index is 421. The van der Waals surface area contributed by atoms with Crippen molar-refractivity contribution < 1.29 is 5.11 Å². The number of nitrogens with zero attached hydrogens (tertiary/aromatic N) is 1. The minimum atomic E-state index is 0.0979. The molecule has 1 aromatic carbocycles. The van der Waals surface area contributed by atoms with Crippen LogP contribution in [-0.2, 0) is 6.54 Å². The van der Waals surface area contributed by atoms with Crippen LogP contribution in [0.3, 0.4) is 0 Å². The highest BCUT2D eigenvalue weighted by Gasteiger charge is 2.16. The summed E-state index contributed by atoms with van der Waals surface area (Å²) in [5.41, 5.74) is 3.88. The molecule has 1 rings (SSSR count). The van der Waals surface area contributed by atoms with Gasteiger partial charge in [-0.15, -0.1) is 0 Å². The summed E-state index contributed by atoms with van der Waals surface area (Å²) in [6.45, 7) is 14.7. The van der Waals surface area contributed by atoms with E-state index in [0.717, 1.165) is 6.54 Å². The van der Waals surface area contributed by atoms with Crippen LogP contribution in [0.4, 0.5) is 5.69 Å². The maximum Gasteiger partial charge on any atom is 0.0606 e. The van der Waals surface area contributed by atoms with E-state index in [-0.39, 0.29) is 12.1 Å². The van der Waals surface area contributed by atoms with Crippen molar-refractivity contribution >= 4 is 5.69 Å². The minimum absolute atomic E-state index is 0.0979. The van der Waals surface area contributed by atoms with Crippen LogP contribution in [0.25, 0.3) is 0 Å². The molecular weight excluding hydrogens is 248 g/mol. The van der Waals surface area contributed by atoms with E-state index in [1.807, 2.05) is 0 Å². The van der Waals surface area contributed by atoms with Gasteiger partial charge in [0.1, 0.15) is 0 Å². The van der Waals surface area contributed by atoms with E-state index in [1.165, 1.54) is 16.8 Å². The second-order valence-electron chi connectivity index (χ2n) is 6.75. The highest BCUT2D eigenvalue weighted by Crippen LogP contribution is 2.24. The standard InChI is InChI=1S/C17H30N2O/c1-13(2)19(9-10-20)16-8-7-14(3)11-15(16)12-18-17(4,5)6/h7-8,11,13,18,20H,9-10,12H2,1-6H3. The van der Waals surface area contributed by atoms with Crippen molar-refractivity contribution in [2.75, 3.05) is 18.1 Å². The molecule has 0 aromatic heterocycles. The first-order valence-corrected chi connectivity index (χ1v) is 7.46. The number of rotatable bonds is 6. The second-order valence-corrected chi connectivity index (χ2v) is 6.75. The van der Waals surface area contributed by atoms with Crippen molar-refractivity contribution in [3.63, 3.8) is 0 Å². The molecule has 1 aromatic rings. The summed E-state index contributed by atoms with van der Waals surface area (Å²) in [7, 11) is 0. The smallest absolute Gasteiger partial charge is 0.0606 e. The van der Waals surface area contributed by atoms with Gasteiger partial charge >= 0.3 is 0 Å². The Morgan fingerprint density at radius 2 is 1.90 bits per heavy atom. The summed E-state index contributed by atoms with van der Waals surface area (Å²) < 4.78 is 0. The molecule has 0 saturated heterocycles. The van der Waals surface area contributed by atoms with Crippen molar-refractivity contribution in [1.29, 1.82) is 0 Å². The lowest BCUT2D eigenvalue weighted by Gasteiger charge is -2.31. The van der Waals surface area contributed by atoms with Crippen molar-refractivity contribution in [1.82, 2.24) is 5.32 Å². The van der Waals surface area contributed by atoms with Gasteiger partial charge in [0.25, 0.3) is 0 Å². The maximum absolute atomic E-state index is 9.29. The number of hydrogen-bond donors (Lipinski definition) is 2. The molecule has 0 aliphatic rings. The molecule has 3 heteroatoms. The van der Waals surface area contributed by atoms with E-state index in [2.05, 4.69) is 70.0 Å². The van der Waals surface area contributed by atoms with Gasteiger partial charge in [-0.1, -0.05) is 17.7 Å². The molecule has 0 atom stereocenters. The lowest BCUT2D eigenvalue weighted by atomic mass is 10.0. The van der Waals surface area contributed by atoms with Gasteiger partial charge < -0.3 is 15.3 Å². The molecule has 0 amide bonds. The fourth-order valence-electron chi connectivity index (χ4n) is 2.26. The van der Waals surface area contributed by atoms with E-state index in [4.69, 9.17) is 0 Å². The summed E-state index contributed by atoms with van der Waals surface area (Å²) >= 11 is 0. The van der Waals surface area contributed by atoms with Gasteiger partial charge in [0.15, 0.2) is 0 Å². The Morgan fingerprint density at radius 3 is 2.40 bits per heavy atom. The van der Waals surface area contributed by atoms with E-state index in [9.17, 15) is 5.11 Å². The summed E-state index contributed by atoms with van der Waals surface area (Å²) in [6, 6.07) is 6.92. The van der Waals surface area contributed by atoms with Crippen molar-refractivity contribution in [2.45, 2.75) is 59.7 Å². The molecule has 114 valence electrons. The Kier molecular flexibility index (Phi) is 6.03. The molecule has 0 radical (unpaired) electrons. The Labute approximate surface area is 124 Å². The summed E-state index contributed by atoms with van der Waals surface area (Å²) in [4.78, 5) is 2.26. The molecule has 20 heavy (non-hydrogen) atoms. The topological polar surface area (TPSA) is 35.5 Å². The number of nitrogens with one attached hydrogen (secondary N) is 1. The van der Waals surface area contributed by atoms with Crippen LogP contribution in [0.1, 0.15) is 45.7 Å². The highest BCUT2D eigenvalue weighted by molar-refractivity contribution is 5.55. The van der Waals surface area contributed by atoms with Gasteiger partial charge in [0.05, 0.1) is 6.61 Å². The minimum Gasteiger partial charge on any atom is -0.395 e. The van der Waals surface area contributed by atoms with Crippen LogP contribution >= 0.6 is 0 Å². The number of aliphatic hydroxyl groups excluding tert-OH is 1. The molecule has 0 aliphatic heterocycles. The quantitative estimate of drug-likeness (QED) is 0.839. The van der Waals surface area contributed by atoms with Gasteiger partial charge in [-0.05, 0) is 53.2 Å². The summed E-state index contributed by atoms with van der Waals surface area (Å²) in [5, 5.41) is 12.8. The van der Waals surface area contributed by atoms with Gasteiger partial charge in [-0.25, -0.2) is 0 Å². The van der Waals surface area contributed by atoms with Crippen LogP contribution in [0.5, 0.6) is 0 Å². The van der Waals surface area contributed by atoms with Crippen LogP contribution < -0.4 is 10.2 Å². The molecule has 0 spiro atoms. The van der Waals surface area contributed by atoms with Gasteiger partial charge in [0.2, 0.25) is 0 Å². The zero-order chi connectivity index (χ0) is 15.3. The number of aryl methyl sites for hydroxylation is 1. The van der Waals surface area contributed by atoms with E-state index in [1.54, 1.807) is 0 Å². The largest absolute Gasteiger partial charge is 0.395 e. The molecule has 3 nitrogen and oxygen atoms in total. The molecule has 0 bridgehead atoms. The molecule has 0 heterocycles. The van der Waals surface area contributed by atoms with Crippen molar-refractivity contribution in [2.24, 2.45) is 0 Å². The van der Waals surface area contributed by atoms with Crippen LogP contribution in [0.15, 0.2) is 18.2 Å². The fraction of sp³-hybridized carbons (Fsp3) is 0.647. The fourth-order valence-corrected chi connectivity index (χ4v) is 2.26. The van der Waals surface area contributed by atoms with Crippen molar-refractivity contribution in [3.05, 3.63) is 29.3 Å². The first-order chi connectivity index (χ1) is 9.24. The summed E-state index contributed by atoms with van der Waals surface area (Å²) in [5.74, 6) is 0. The monoisotopic (exact) mass is 278 g/mol. The van der Waals surface area contributed by atoms with E-state index in [0.29, 0.717) is 12.6 Å². The predicted octanol–water partition coefficient (Wildman–Crippen LogP) is 3.09.